The summed E-state index contributed by atoms with van der Waals surface area (Å²) in [6.07, 6.45) is 0.849. The normalized spacial score (nSPS) is 10.4. The zero-order valence-corrected chi connectivity index (χ0v) is 12.1. The lowest BCUT2D eigenvalue weighted by atomic mass is 10.1. The number of methoxy groups -OCH3 is 1. The van der Waals surface area contributed by atoms with Gasteiger partial charge in [-0.2, -0.15) is 0 Å². The highest BCUT2D eigenvalue weighted by Gasteiger charge is 2.14. The largest absolute Gasteiger partial charge is 0.385 e. The highest BCUT2D eigenvalue weighted by atomic mass is 79.9. The van der Waals surface area contributed by atoms with Gasteiger partial charge >= 0.3 is 0 Å². The van der Waals surface area contributed by atoms with Crippen LogP contribution in [0, 0.1) is 6.92 Å². The zero-order valence-electron chi connectivity index (χ0n) is 10.5. The van der Waals surface area contributed by atoms with Crippen LogP contribution >= 0.6 is 15.9 Å². The minimum absolute atomic E-state index is 0.0352. The van der Waals surface area contributed by atoms with Crippen LogP contribution in [0.25, 0.3) is 0 Å². The van der Waals surface area contributed by atoms with Crippen LogP contribution in [0.2, 0.25) is 0 Å². The van der Waals surface area contributed by atoms with E-state index in [1.807, 2.05) is 32.2 Å². The molecule has 0 atom stereocenters. The molecule has 1 aromatic carbocycles. The molecule has 17 heavy (non-hydrogen) atoms. The van der Waals surface area contributed by atoms with E-state index in [0.717, 1.165) is 16.5 Å². The van der Waals surface area contributed by atoms with Crippen LogP contribution < -0.4 is 0 Å². The number of rotatable bonds is 5. The van der Waals surface area contributed by atoms with Crippen molar-refractivity contribution >= 4 is 21.8 Å². The molecule has 3 nitrogen and oxygen atoms in total. The second kappa shape index (κ2) is 6.77. The number of nitrogens with zero attached hydrogens (tertiary/aromatic N) is 1. The van der Waals surface area contributed by atoms with Gasteiger partial charge in [0.25, 0.3) is 5.91 Å². The van der Waals surface area contributed by atoms with Crippen molar-refractivity contribution in [3.05, 3.63) is 33.8 Å². The fourth-order valence-corrected chi connectivity index (χ4v) is 2.21. The van der Waals surface area contributed by atoms with E-state index < -0.39 is 0 Å². The molecule has 0 aliphatic rings. The Hall–Kier alpha value is -0.870. The van der Waals surface area contributed by atoms with E-state index in [0.29, 0.717) is 18.7 Å². The summed E-state index contributed by atoms with van der Waals surface area (Å²) < 4.78 is 5.82. The molecule has 1 amide bonds. The SMILES string of the molecule is COCCCN(C)C(=O)c1ccc(C)cc1Br. The minimum atomic E-state index is 0.0352. The number of ether oxygens (including phenoxy) is 1. The average Bonchev–Trinajstić information content (AvgIpc) is 2.28. The first kappa shape index (κ1) is 14.2. The number of hydrogen-bond acceptors (Lipinski definition) is 2. The third-order valence-corrected chi connectivity index (χ3v) is 3.20. The van der Waals surface area contributed by atoms with Gasteiger partial charge in [0.1, 0.15) is 0 Å². The molecule has 4 heteroatoms. The first-order chi connectivity index (χ1) is 8.06. The molecule has 0 aliphatic carbocycles. The Kier molecular flexibility index (Phi) is 5.65. The van der Waals surface area contributed by atoms with E-state index in [1.54, 1.807) is 12.0 Å². The molecule has 0 heterocycles. The van der Waals surface area contributed by atoms with Gasteiger partial charge in [-0.15, -0.1) is 0 Å². The Balaban J connectivity index is 2.68. The molecule has 0 saturated carbocycles. The number of benzene rings is 1. The quantitative estimate of drug-likeness (QED) is 0.783. The van der Waals surface area contributed by atoms with E-state index in [1.165, 1.54) is 0 Å². The maximum atomic E-state index is 12.1. The van der Waals surface area contributed by atoms with Crippen molar-refractivity contribution in [3.63, 3.8) is 0 Å². The first-order valence-corrected chi connectivity index (χ1v) is 6.36. The molecular formula is C13H18BrNO2. The van der Waals surface area contributed by atoms with Crippen molar-refractivity contribution < 1.29 is 9.53 Å². The van der Waals surface area contributed by atoms with Crippen molar-refractivity contribution in [1.82, 2.24) is 4.90 Å². The Morgan fingerprint density at radius 3 is 2.76 bits per heavy atom. The van der Waals surface area contributed by atoms with Gasteiger partial charge in [-0.25, -0.2) is 0 Å². The molecular weight excluding hydrogens is 282 g/mol. The van der Waals surface area contributed by atoms with E-state index in [4.69, 9.17) is 4.74 Å². The Bertz CT molecular complexity index is 393. The Labute approximate surface area is 111 Å². The third kappa shape index (κ3) is 4.13. The lowest BCUT2D eigenvalue weighted by Crippen LogP contribution is -2.28. The van der Waals surface area contributed by atoms with Crippen molar-refractivity contribution in [1.29, 1.82) is 0 Å². The van der Waals surface area contributed by atoms with Gasteiger partial charge in [-0.1, -0.05) is 6.07 Å². The van der Waals surface area contributed by atoms with E-state index in [9.17, 15) is 4.79 Å². The molecule has 0 bridgehead atoms. The fraction of sp³-hybridized carbons (Fsp3) is 0.462. The highest BCUT2D eigenvalue weighted by Crippen LogP contribution is 2.19. The standard InChI is InChI=1S/C13H18BrNO2/c1-10-5-6-11(12(14)9-10)13(16)15(2)7-4-8-17-3/h5-6,9H,4,7-8H2,1-3H3. The summed E-state index contributed by atoms with van der Waals surface area (Å²) >= 11 is 3.43. The molecule has 0 saturated heterocycles. The van der Waals surface area contributed by atoms with Crippen LogP contribution in [0.15, 0.2) is 22.7 Å². The summed E-state index contributed by atoms with van der Waals surface area (Å²) in [5.74, 6) is 0.0352. The number of halogens is 1. The summed E-state index contributed by atoms with van der Waals surface area (Å²) in [5.41, 5.74) is 1.84. The summed E-state index contributed by atoms with van der Waals surface area (Å²) in [6, 6.07) is 5.76. The summed E-state index contributed by atoms with van der Waals surface area (Å²) in [4.78, 5) is 13.8. The number of amides is 1. The summed E-state index contributed by atoms with van der Waals surface area (Å²) in [5, 5.41) is 0. The fourth-order valence-electron chi connectivity index (χ4n) is 1.55. The number of carbonyl (C=O) groups excluding carboxylic acids is 1. The molecule has 0 aromatic heterocycles. The van der Waals surface area contributed by atoms with Crippen LogP contribution in [-0.2, 0) is 4.74 Å². The molecule has 0 aliphatic heterocycles. The molecule has 1 aromatic rings. The molecule has 0 radical (unpaired) electrons. The average molecular weight is 300 g/mol. The van der Waals surface area contributed by atoms with Crippen molar-refractivity contribution in [2.75, 3.05) is 27.3 Å². The van der Waals surface area contributed by atoms with Crippen LogP contribution in [-0.4, -0.2) is 38.1 Å². The second-order valence-corrected chi connectivity index (χ2v) is 4.91. The maximum Gasteiger partial charge on any atom is 0.254 e. The van der Waals surface area contributed by atoms with Crippen molar-refractivity contribution in [2.24, 2.45) is 0 Å². The highest BCUT2D eigenvalue weighted by molar-refractivity contribution is 9.10. The number of aryl methyl sites for hydroxylation is 1. The lowest BCUT2D eigenvalue weighted by Gasteiger charge is -2.17. The third-order valence-electron chi connectivity index (χ3n) is 2.54. The predicted octanol–water partition coefficient (Wildman–Crippen LogP) is 2.87. The van der Waals surface area contributed by atoms with E-state index in [2.05, 4.69) is 15.9 Å². The Morgan fingerprint density at radius 2 is 2.18 bits per heavy atom. The van der Waals surface area contributed by atoms with Gasteiger partial charge in [0.2, 0.25) is 0 Å². The zero-order chi connectivity index (χ0) is 12.8. The molecule has 1 rings (SSSR count). The molecule has 0 unspecified atom stereocenters. The monoisotopic (exact) mass is 299 g/mol. The topological polar surface area (TPSA) is 29.5 Å². The number of carbonyl (C=O) groups is 1. The van der Waals surface area contributed by atoms with Crippen LogP contribution in [0.5, 0.6) is 0 Å². The smallest absolute Gasteiger partial charge is 0.254 e. The van der Waals surface area contributed by atoms with Crippen LogP contribution in [0.4, 0.5) is 0 Å². The van der Waals surface area contributed by atoms with Gasteiger partial charge in [0, 0.05) is 31.8 Å². The Morgan fingerprint density at radius 1 is 1.47 bits per heavy atom. The predicted molar refractivity (Wildman–Crippen MR) is 72.3 cm³/mol. The lowest BCUT2D eigenvalue weighted by molar-refractivity contribution is 0.0778. The number of hydrogen-bond donors (Lipinski definition) is 0. The van der Waals surface area contributed by atoms with Gasteiger partial charge in [0.15, 0.2) is 0 Å². The van der Waals surface area contributed by atoms with Crippen molar-refractivity contribution in [2.45, 2.75) is 13.3 Å². The van der Waals surface area contributed by atoms with Crippen molar-refractivity contribution in [3.8, 4) is 0 Å². The van der Waals surface area contributed by atoms with Crippen LogP contribution in [0.3, 0.4) is 0 Å². The maximum absolute atomic E-state index is 12.1. The minimum Gasteiger partial charge on any atom is -0.385 e. The summed E-state index contributed by atoms with van der Waals surface area (Å²) in [7, 11) is 3.47. The van der Waals surface area contributed by atoms with E-state index >= 15 is 0 Å². The first-order valence-electron chi connectivity index (χ1n) is 5.57. The van der Waals surface area contributed by atoms with Gasteiger partial charge in [-0.3, -0.25) is 4.79 Å². The molecule has 94 valence electrons. The molecule has 0 fully saturated rings. The summed E-state index contributed by atoms with van der Waals surface area (Å²) in [6.45, 7) is 3.38. The van der Waals surface area contributed by atoms with Crippen LogP contribution in [0.1, 0.15) is 22.3 Å². The van der Waals surface area contributed by atoms with E-state index in [-0.39, 0.29) is 5.91 Å². The molecule has 0 spiro atoms. The van der Waals surface area contributed by atoms with Gasteiger partial charge in [0.05, 0.1) is 5.56 Å². The molecule has 0 N–H and O–H groups in total. The van der Waals surface area contributed by atoms with Gasteiger partial charge in [-0.05, 0) is 47.0 Å². The second-order valence-electron chi connectivity index (χ2n) is 4.06. The van der Waals surface area contributed by atoms with Gasteiger partial charge < -0.3 is 9.64 Å².